The Morgan fingerprint density at radius 1 is 1.24 bits per heavy atom. The number of nitrogens with one attached hydrogen (secondary N) is 1. The standard InChI is InChI=1S/C16H13BrN2O2/c1-11(21-15-5-3-2-4-14(15)17)16(20)19-13-8-6-12(10-18)7-9-13/h2-9,11H,1H3,(H,19,20). The van der Waals surface area contributed by atoms with Crippen molar-refractivity contribution < 1.29 is 9.53 Å². The fraction of sp³-hybridized carbons (Fsp3) is 0.125. The predicted octanol–water partition coefficient (Wildman–Crippen LogP) is 3.73. The number of nitriles is 1. The zero-order valence-electron chi connectivity index (χ0n) is 11.3. The number of rotatable bonds is 4. The molecule has 0 aromatic heterocycles. The summed E-state index contributed by atoms with van der Waals surface area (Å²) in [6.07, 6.45) is -0.639. The molecule has 106 valence electrons. The monoisotopic (exact) mass is 344 g/mol. The molecule has 0 heterocycles. The molecule has 1 atom stereocenters. The van der Waals surface area contributed by atoms with Gasteiger partial charge in [-0.05, 0) is 59.3 Å². The lowest BCUT2D eigenvalue weighted by molar-refractivity contribution is -0.122. The molecule has 2 rings (SSSR count). The van der Waals surface area contributed by atoms with Gasteiger partial charge >= 0.3 is 0 Å². The Bertz CT molecular complexity index is 677. The molecule has 0 spiro atoms. The average molecular weight is 345 g/mol. The SMILES string of the molecule is CC(Oc1ccccc1Br)C(=O)Nc1ccc(C#N)cc1. The van der Waals surface area contributed by atoms with Gasteiger partial charge in [-0.25, -0.2) is 0 Å². The smallest absolute Gasteiger partial charge is 0.265 e. The first-order valence-corrected chi connectivity index (χ1v) is 7.11. The first-order valence-electron chi connectivity index (χ1n) is 6.32. The van der Waals surface area contributed by atoms with Gasteiger partial charge in [0.1, 0.15) is 5.75 Å². The van der Waals surface area contributed by atoms with Crippen LogP contribution in [0.3, 0.4) is 0 Å². The molecule has 0 aliphatic heterocycles. The summed E-state index contributed by atoms with van der Waals surface area (Å²) in [5, 5.41) is 11.5. The molecular formula is C16H13BrN2O2. The summed E-state index contributed by atoms with van der Waals surface area (Å²) < 4.78 is 6.41. The lowest BCUT2D eigenvalue weighted by atomic mass is 10.2. The zero-order chi connectivity index (χ0) is 15.2. The molecule has 1 amide bonds. The molecule has 1 unspecified atom stereocenters. The van der Waals surface area contributed by atoms with Gasteiger partial charge in [-0.2, -0.15) is 5.26 Å². The van der Waals surface area contributed by atoms with E-state index in [4.69, 9.17) is 10.00 Å². The Hall–Kier alpha value is -2.32. The van der Waals surface area contributed by atoms with Crippen molar-refractivity contribution in [3.8, 4) is 11.8 Å². The minimum Gasteiger partial charge on any atom is -0.480 e. The maximum absolute atomic E-state index is 12.1. The second-order valence-corrected chi connectivity index (χ2v) is 5.22. The Morgan fingerprint density at radius 3 is 2.52 bits per heavy atom. The van der Waals surface area contributed by atoms with E-state index in [0.717, 1.165) is 4.47 Å². The van der Waals surface area contributed by atoms with Crippen LogP contribution < -0.4 is 10.1 Å². The van der Waals surface area contributed by atoms with E-state index >= 15 is 0 Å². The van der Waals surface area contributed by atoms with Crippen molar-refractivity contribution >= 4 is 27.5 Å². The van der Waals surface area contributed by atoms with Gasteiger partial charge in [0.25, 0.3) is 5.91 Å². The second-order valence-electron chi connectivity index (χ2n) is 4.37. The molecule has 0 radical (unpaired) electrons. The summed E-state index contributed by atoms with van der Waals surface area (Å²) in [5.74, 6) is 0.357. The largest absolute Gasteiger partial charge is 0.480 e. The maximum Gasteiger partial charge on any atom is 0.265 e. The highest BCUT2D eigenvalue weighted by Gasteiger charge is 2.15. The third kappa shape index (κ3) is 4.07. The highest BCUT2D eigenvalue weighted by Crippen LogP contribution is 2.25. The Kier molecular flexibility index (Phi) is 4.96. The Labute approximate surface area is 131 Å². The van der Waals surface area contributed by atoms with E-state index in [9.17, 15) is 4.79 Å². The summed E-state index contributed by atoms with van der Waals surface area (Å²) in [6.45, 7) is 1.68. The lowest BCUT2D eigenvalue weighted by Crippen LogP contribution is -2.30. The number of hydrogen-bond acceptors (Lipinski definition) is 3. The van der Waals surface area contributed by atoms with Crippen molar-refractivity contribution in [3.05, 3.63) is 58.6 Å². The van der Waals surface area contributed by atoms with Crippen molar-refractivity contribution in [1.29, 1.82) is 5.26 Å². The fourth-order valence-corrected chi connectivity index (χ4v) is 2.03. The predicted molar refractivity (Wildman–Crippen MR) is 84.0 cm³/mol. The van der Waals surface area contributed by atoms with Crippen LogP contribution in [0.2, 0.25) is 0 Å². The number of carbonyl (C=O) groups is 1. The van der Waals surface area contributed by atoms with E-state index in [1.165, 1.54) is 0 Å². The normalized spacial score (nSPS) is 11.3. The summed E-state index contributed by atoms with van der Waals surface area (Å²) in [7, 11) is 0. The van der Waals surface area contributed by atoms with E-state index < -0.39 is 6.10 Å². The molecule has 0 fully saturated rings. The molecule has 21 heavy (non-hydrogen) atoms. The van der Waals surface area contributed by atoms with Crippen LogP contribution >= 0.6 is 15.9 Å². The number of halogens is 1. The molecule has 5 heteroatoms. The number of ether oxygens (including phenoxy) is 1. The van der Waals surface area contributed by atoms with Crippen LogP contribution in [0.1, 0.15) is 12.5 Å². The van der Waals surface area contributed by atoms with Gasteiger partial charge in [0, 0.05) is 5.69 Å². The number of para-hydroxylation sites is 1. The lowest BCUT2D eigenvalue weighted by Gasteiger charge is -2.15. The quantitative estimate of drug-likeness (QED) is 0.919. The van der Waals surface area contributed by atoms with Gasteiger partial charge < -0.3 is 10.1 Å². The third-order valence-corrected chi connectivity index (χ3v) is 3.45. The Morgan fingerprint density at radius 2 is 1.90 bits per heavy atom. The highest BCUT2D eigenvalue weighted by molar-refractivity contribution is 9.10. The van der Waals surface area contributed by atoms with Gasteiger partial charge in [0.15, 0.2) is 6.10 Å². The van der Waals surface area contributed by atoms with Crippen molar-refractivity contribution in [3.63, 3.8) is 0 Å². The van der Waals surface area contributed by atoms with Crippen molar-refractivity contribution in [2.24, 2.45) is 0 Å². The summed E-state index contributed by atoms with van der Waals surface area (Å²) in [5.41, 5.74) is 1.17. The Balaban J connectivity index is 1.99. The molecule has 2 aromatic carbocycles. The summed E-state index contributed by atoms with van der Waals surface area (Å²) >= 11 is 3.37. The van der Waals surface area contributed by atoms with Gasteiger partial charge in [-0.15, -0.1) is 0 Å². The zero-order valence-corrected chi connectivity index (χ0v) is 12.9. The van der Waals surface area contributed by atoms with Gasteiger partial charge in [-0.3, -0.25) is 4.79 Å². The number of benzene rings is 2. The molecule has 0 aliphatic rings. The number of carbonyl (C=O) groups excluding carboxylic acids is 1. The van der Waals surface area contributed by atoms with E-state index in [-0.39, 0.29) is 5.91 Å². The minimum atomic E-state index is -0.639. The first kappa shape index (κ1) is 15.1. The van der Waals surface area contributed by atoms with Crippen LogP contribution in [0.15, 0.2) is 53.0 Å². The molecule has 0 saturated heterocycles. The van der Waals surface area contributed by atoms with Crippen LogP contribution in [0, 0.1) is 11.3 Å². The summed E-state index contributed by atoms with van der Waals surface area (Å²) in [6, 6.07) is 16.0. The third-order valence-electron chi connectivity index (χ3n) is 2.79. The fourth-order valence-electron chi connectivity index (χ4n) is 1.66. The van der Waals surface area contributed by atoms with E-state index in [1.807, 2.05) is 24.3 Å². The van der Waals surface area contributed by atoms with E-state index in [2.05, 4.69) is 21.2 Å². The summed E-state index contributed by atoms with van der Waals surface area (Å²) in [4.78, 5) is 12.1. The molecular weight excluding hydrogens is 332 g/mol. The van der Waals surface area contributed by atoms with Crippen LogP contribution in [0.5, 0.6) is 5.75 Å². The second kappa shape index (κ2) is 6.91. The van der Waals surface area contributed by atoms with Crippen LogP contribution in [0.25, 0.3) is 0 Å². The minimum absolute atomic E-state index is 0.254. The number of nitrogens with zero attached hydrogens (tertiary/aromatic N) is 1. The molecule has 0 saturated carbocycles. The first-order chi connectivity index (χ1) is 10.1. The molecule has 0 bridgehead atoms. The van der Waals surface area contributed by atoms with Crippen LogP contribution in [-0.2, 0) is 4.79 Å². The topological polar surface area (TPSA) is 62.1 Å². The van der Waals surface area contributed by atoms with Crippen molar-refractivity contribution in [2.45, 2.75) is 13.0 Å². The van der Waals surface area contributed by atoms with Crippen LogP contribution in [-0.4, -0.2) is 12.0 Å². The maximum atomic E-state index is 12.1. The van der Waals surface area contributed by atoms with E-state index in [1.54, 1.807) is 37.3 Å². The van der Waals surface area contributed by atoms with Crippen molar-refractivity contribution in [2.75, 3.05) is 5.32 Å². The van der Waals surface area contributed by atoms with Gasteiger partial charge in [0.2, 0.25) is 0 Å². The van der Waals surface area contributed by atoms with Gasteiger partial charge in [-0.1, -0.05) is 12.1 Å². The number of amides is 1. The average Bonchev–Trinajstić information content (AvgIpc) is 2.50. The van der Waals surface area contributed by atoms with Gasteiger partial charge in [0.05, 0.1) is 16.1 Å². The molecule has 2 aromatic rings. The van der Waals surface area contributed by atoms with E-state index in [0.29, 0.717) is 17.0 Å². The van der Waals surface area contributed by atoms with Crippen molar-refractivity contribution in [1.82, 2.24) is 0 Å². The molecule has 4 nitrogen and oxygen atoms in total. The molecule has 1 N–H and O–H groups in total. The highest BCUT2D eigenvalue weighted by atomic mass is 79.9. The molecule has 0 aliphatic carbocycles. The number of anilines is 1. The van der Waals surface area contributed by atoms with Crippen LogP contribution in [0.4, 0.5) is 5.69 Å². The number of hydrogen-bond donors (Lipinski definition) is 1.